The van der Waals surface area contributed by atoms with Gasteiger partial charge >= 0.3 is 5.69 Å². The van der Waals surface area contributed by atoms with Crippen LogP contribution in [0.2, 0.25) is 23.2 Å². The third kappa shape index (κ3) is 5.35. The number of nitrogens with zero attached hydrogens (tertiary/aromatic N) is 4. The SMILES string of the molecule is CC(C)(C)[Si](C)(C)O[C@@H](Cc1noc(Cn2c(=O)cc3n(c2=O)CCC3O)n1)c1ccc(Cl)cc1. The van der Waals surface area contributed by atoms with Gasteiger partial charge in [-0.2, -0.15) is 4.98 Å². The number of hydrogen-bond donors (Lipinski definition) is 1. The zero-order chi connectivity index (χ0) is 25.5. The van der Waals surface area contributed by atoms with Crippen LogP contribution >= 0.6 is 11.6 Å². The van der Waals surface area contributed by atoms with Crippen LogP contribution < -0.4 is 11.2 Å². The van der Waals surface area contributed by atoms with E-state index >= 15 is 0 Å². The van der Waals surface area contributed by atoms with Gasteiger partial charge in [0.05, 0.1) is 17.9 Å². The van der Waals surface area contributed by atoms with E-state index in [-0.39, 0.29) is 23.6 Å². The highest BCUT2D eigenvalue weighted by molar-refractivity contribution is 6.74. The Kier molecular flexibility index (Phi) is 6.93. The van der Waals surface area contributed by atoms with Crippen molar-refractivity contribution in [3.05, 3.63) is 79.2 Å². The third-order valence-corrected chi connectivity index (χ3v) is 11.7. The molecule has 1 N–H and O–H groups in total. The quantitative estimate of drug-likeness (QED) is 0.473. The zero-order valence-electron chi connectivity index (χ0n) is 20.6. The fourth-order valence-electron chi connectivity index (χ4n) is 3.85. The molecular formula is C24H31ClN4O5Si. The predicted molar refractivity (Wildman–Crippen MR) is 134 cm³/mol. The van der Waals surface area contributed by atoms with Crippen LogP contribution in [0.1, 0.15) is 62.4 Å². The Bertz CT molecular complexity index is 1320. The molecule has 2 aromatic heterocycles. The third-order valence-electron chi connectivity index (χ3n) is 6.93. The lowest BCUT2D eigenvalue weighted by Crippen LogP contribution is -2.42. The molecule has 1 aromatic carbocycles. The summed E-state index contributed by atoms with van der Waals surface area (Å²) in [6.45, 7) is 11.1. The van der Waals surface area contributed by atoms with Gasteiger partial charge in [-0.1, -0.05) is 49.7 Å². The molecule has 4 rings (SSSR count). The lowest BCUT2D eigenvalue weighted by molar-refractivity contribution is 0.179. The lowest BCUT2D eigenvalue weighted by atomic mass is 10.1. The molecule has 0 aliphatic carbocycles. The molecule has 0 bridgehead atoms. The van der Waals surface area contributed by atoms with Crippen molar-refractivity contribution in [2.75, 3.05) is 0 Å². The van der Waals surface area contributed by atoms with Gasteiger partial charge in [0.25, 0.3) is 5.56 Å². The Labute approximate surface area is 209 Å². The summed E-state index contributed by atoms with van der Waals surface area (Å²) < 4.78 is 14.5. The average molecular weight is 519 g/mol. The van der Waals surface area contributed by atoms with Crippen LogP contribution in [-0.2, 0) is 23.9 Å². The van der Waals surface area contributed by atoms with E-state index in [1.807, 2.05) is 24.3 Å². The van der Waals surface area contributed by atoms with Crippen LogP contribution in [0.4, 0.5) is 0 Å². The number of aromatic nitrogens is 4. The first-order valence-electron chi connectivity index (χ1n) is 11.6. The Morgan fingerprint density at radius 1 is 1.26 bits per heavy atom. The van der Waals surface area contributed by atoms with Gasteiger partial charge in [0, 0.05) is 24.1 Å². The molecule has 0 amide bonds. The number of aliphatic hydroxyl groups is 1. The Hall–Kier alpha value is -2.53. The second-order valence-electron chi connectivity index (χ2n) is 10.5. The van der Waals surface area contributed by atoms with Gasteiger partial charge in [-0.25, -0.2) is 4.79 Å². The molecule has 35 heavy (non-hydrogen) atoms. The van der Waals surface area contributed by atoms with Crippen LogP contribution in [0.3, 0.4) is 0 Å². The Morgan fingerprint density at radius 2 is 1.94 bits per heavy atom. The van der Waals surface area contributed by atoms with Gasteiger partial charge in [0.2, 0.25) is 5.89 Å². The minimum absolute atomic E-state index is 0.00456. The number of hydrogen-bond acceptors (Lipinski definition) is 7. The minimum Gasteiger partial charge on any atom is -0.409 e. The number of rotatable bonds is 7. The Balaban J connectivity index is 1.58. The first-order valence-corrected chi connectivity index (χ1v) is 14.9. The minimum atomic E-state index is -2.13. The van der Waals surface area contributed by atoms with E-state index in [9.17, 15) is 14.7 Å². The zero-order valence-corrected chi connectivity index (χ0v) is 22.4. The summed E-state index contributed by atoms with van der Waals surface area (Å²) in [7, 11) is -2.13. The van der Waals surface area contributed by atoms with Crippen LogP contribution in [0, 0.1) is 0 Å². The van der Waals surface area contributed by atoms with Gasteiger partial charge in [-0.15, -0.1) is 0 Å². The summed E-state index contributed by atoms with van der Waals surface area (Å²) in [4.78, 5) is 29.7. The van der Waals surface area contributed by atoms with E-state index in [1.54, 1.807) is 0 Å². The maximum Gasteiger partial charge on any atom is 0.331 e. The molecule has 188 valence electrons. The van der Waals surface area contributed by atoms with Crippen molar-refractivity contribution in [1.29, 1.82) is 0 Å². The van der Waals surface area contributed by atoms with E-state index in [2.05, 4.69) is 44.0 Å². The molecular weight excluding hydrogens is 488 g/mol. The summed E-state index contributed by atoms with van der Waals surface area (Å²) in [6, 6.07) is 8.80. The van der Waals surface area contributed by atoms with Gasteiger partial charge in [-0.3, -0.25) is 13.9 Å². The van der Waals surface area contributed by atoms with E-state index in [0.717, 1.165) is 10.1 Å². The van der Waals surface area contributed by atoms with Gasteiger partial charge in [-0.05, 0) is 42.2 Å². The smallest absolute Gasteiger partial charge is 0.331 e. The molecule has 0 saturated heterocycles. The standard InChI is InChI=1S/C24H31ClN4O5Si/c1-24(2,3)35(4,5)34-19(15-6-8-16(25)9-7-15)13-20-26-21(33-27-20)14-29-22(31)12-17-18(30)10-11-28(17)23(29)32/h6-9,12,18-19,30H,10-11,13-14H2,1-5H3/t18?,19-/m0/s1. The normalized spacial score (nSPS) is 16.9. The van der Waals surface area contributed by atoms with Gasteiger partial charge in [0.1, 0.15) is 6.54 Å². The molecule has 1 aliphatic heterocycles. The Morgan fingerprint density at radius 3 is 2.60 bits per heavy atom. The molecule has 0 radical (unpaired) electrons. The molecule has 2 atom stereocenters. The van der Waals surface area contributed by atoms with Crippen LogP contribution in [0.5, 0.6) is 0 Å². The molecule has 3 aromatic rings. The van der Waals surface area contributed by atoms with Crippen molar-refractivity contribution in [3.8, 4) is 0 Å². The number of halogens is 1. The summed E-state index contributed by atoms with van der Waals surface area (Å²) >= 11 is 6.09. The van der Waals surface area contributed by atoms with Crippen molar-refractivity contribution in [2.45, 2.75) is 77.0 Å². The number of aliphatic hydroxyl groups excluding tert-OH is 1. The predicted octanol–water partition coefficient (Wildman–Crippen LogP) is 3.84. The molecule has 1 aliphatic rings. The van der Waals surface area contributed by atoms with Crippen molar-refractivity contribution in [1.82, 2.24) is 19.3 Å². The van der Waals surface area contributed by atoms with E-state index < -0.39 is 25.7 Å². The van der Waals surface area contributed by atoms with Crippen molar-refractivity contribution < 1.29 is 14.1 Å². The van der Waals surface area contributed by atoms with Crippen molar-refractivity contribution >= 4 is 19.9 Å². The monoisotopic (exact) mass is 518 g/mol. The summed E-state index contributed by atoms with van der Waals surface area (Å²) in [5, 5.41) is 14.7. The maximum atomic E-state index is 12.8. The largest absolute Gasteiger partial charge is 0.409 e. The van der Waals surface area contributed by atoms with Crippen LogP contribution in [0.25, 0.3) is 0 Å². The lowest BCUT2D eigenvalue weighted by Gasteiger charge is -2.39. The molecule has 0 fully saturated rings. The molecule has 3 heterocycles. The topological polar surface area (TPSA) is 112 Å². The summed E-state index contributed by atoms with van der Waals surface area (Å²) in [6.07, 6.45) is -0.342. The first kappa shape index (κ1) is 25.6. The first-order chi connectivity index (χ1) is 16.4. The maximum absolute atomic E-state index is 12.8. The van der Waals surface area contributed by atoms with Gasteiger partial charge in [0.15, 0.2) is 14.1 Å². The highest BCUT2D eigenvalue weighted by Gasteiger charge is 2.39. The van der Waals surface area contributed by atoms with E-state index in [0.29, 0.717) is 35.9 Å². The molecule has 0 saturated carbocycles. The second kappa shape index (κ2) is 9.49. The highest BCUT2D eigenvalue weighted by atomic mass is 35.5. The molecule has 9 nitrogen and oxygen atoms in total. The van der Waals surface area contributed by atoms with Crippen LogP contribution in [0.15, 0.2) is 44.4 Å². The summed E-state index contributed by atoms with van der Waals surface area (Å²) in [5.74, 6) is 0.573. The second-order valence-corrected chi connectivity index (χ2v) is 15.7. The average Bonchev–Trinajstić information content (AvgIpc) is 3.37. The fourth-order valence-corrected chi connectivity index (χ4v) is 5.26. The van der Waals surface area contributed by atoms with Crippen molar-refractivity contribution in [3.63, 3.8) is 0 Å². The van der Waals surface area contributed by atoms with E-state index in [1.165, 1.54) is 10.6 Å². The summed E-state index contributed by atoms with van der Waals surface area (Å²) in [5.41, 5.74) is 0.291. The molecule has 11 heteroatoms. The van der Waals surface area contributed by atoms with Gasteiger partial charge < -0.3 is 14.1 Å². The van der Waals surface area contributed by atoms with E-state index in [4.69, 9.17) is 20.6 Å². The highest BCUT2D eigenvalue weighted by Crippen LogP contribution is 2.40. The van der Waals surface area contributed by atoms with Crippen molar-refractivity contribution in [2.24, 2.45) is 0 Å². The molecule has 1 unspecified atom stereocenters. The number of fused-ring (bicyclic) bond motifs is 1. The van der Waals surface area contributed by atoms with Crippen LogP contribution in [-0.4, -0.2) is 32.7 Å². The fraction of sp³-hybridized carbons (Fsp3) is 0.500. The number of benzene rings is 1. The molecule has 0 spiro atoms.